The number of fused-ring (bicyclic) bond motifs is 1. The van der Waals surface area contributed by atoms with Crippen LogP contribution in [0.25, 0.3) is 0 Å². The molecule has 23 heavy (non-hydrogen) atoms. The normalized spacial score (nSPS) is 19.7. The van der Waals surface area contributed by atoms with E-state index >= 15 is 0 Å². The van der Waals surface area contributed by atoms with Crippen molar-refractivity contribution in [2.75, 3.05) is 11.9 Å². The van der Waals surface area contributed by atoms with Crippen LogP contribution in [-0.2, 0) is 12.8 Å². The first-order chi connectivity index (χ1) is 11.0. The summed E-state index contributed by atoms with van der Waals surface area (Å²) in [6.07, 6.45) is 2.03. The third kappa shape index (κ3) is 4.03. The Morgan fingerprint density at radius 3 is 2.57 bits per heavy atom. The summed E-state index contributed by atoms with van der Waals surface area (Å²) in [5.41, 5.74) is 2.20. The van der Waals surface area contributed by atoms with Crippen LogP contribution >= 0.6 is 11.6 Å². The number of urea groups is 1. The summed E-state index contributed by atoms with van der Waals surface area (Å²) in [5, 5.41) is 16.8. The molecule has 3 rings (SSSR count). The van der Waals surface area contributed by atoms with Crippen LogP contribution < -0.4 is 10.6 Å². The summed E-state index contributed by atoms with van der Waals surface area (Å²) in [6.45, 7) is 0.223. The highest BCUT2D eigenvalue weighted by Crippen LogP contribution is 2.28. The van der Waals surface area contributed by atoms with Gasteiger partial charge in [-0.1, -0.05) is 35.9 Å². The second-order valence-electron chi connectivity index (χ2n) is 5.98. The number of aryl methyl sites for hydroxylation is 1. The second kappa shape index (κ2) is 6.60. The highest BCUT2D eigenvalue weighted by molar-refractivity contribution is 6.30. The van der Waals surface area contributed by atoms with E-state index in [9.17, 15) is 9.90 Å². The van der Waals surface area contributed by atoms with Gasteiger partial charge in [0.2, 0.25) is 0 Å². The molecule has 0 fully saturated rings. The van der Waals surface area contributed by atoms with Crippen LogP contribution in [0.2, 0.25) is 5.02 Å². The number of hydrogen-bond acceptors (Lipinski definition) is 2. The van der Waals surface area contributed by atoms with Gasteiger partial charge in [0.15, 0.2) is 0 Å². The first-order valence-electron chi connectivity index (χ1n) is 7.64. The number of amides is 2. The maximum atomic E-state index is 12.0. The molecule has 2 aromatic rings. The molecule has 2 aromatic carbocycles. The molecule has 2 amide bonds. The quantitative estimate of drug-likeness (QED) is 0.808. The SMILES string of the molecule is O=C(NCC1(O)CCc2ccccc2C1)Nc1ccc(Cl)cc1. The number of anilines is 1. The van der Waals surface area contributed by atoms with Crippen LogP contribution in [-0.4, -0.2) is 23.3 Å². The number of benzene rings is 2. The Kier molecular flexibility index (Phi) is 4.55. The topological polar surface area (TPSA) is 61.4 Å². The molecule has 1 aliphatic carbocycles. The minimum absolute atomic E-state index is 0.223. The molecule has 120 valence electrons. The lowest BCUT2D eigenvalue weighted by atomic mass is 9.80. The van der Waals surface area contributed by atoms with Gasteiger partial charge < -0.3 is 15.7 Å². The van der Waals surface area contributed by atoms with Gasteiger partial charge in [0.1, 0.15) is 0 Å². The molecule has 0 radical (unpaired) electrons. The van der Waals surface area contributed by atoms with Crippen LogP contribution in [0, 0.1) is 0 Å². The fourth-order valence-corrected chi connectivity index (χ4v) is 3.01. The van der Waals surface area contributed by atoms with Gasteiger partial charge in [0.05, 0.1) is 5.60 Å². The lowest BCUT2D eigenvalue weighted by Crippen LogP contribution is -2.47. The third-order valence-electron chi connectivity index (χ3n) is 4.18. The average molecular weight is 331 g/mol. The number of aliphatic hydroxyl groups is 1. The predicted octanol–water partition coefficient (Wildman–Crippen LogP) is 3.38. The zero-order chi connectivity index (χ0) is 16.3. The van der Waals surface area contributed by atoms with Crippen molar-refractivity contribution in [3.8, 4) is 0 Å². The molecule has 0 aliphatic heterocycles. The Balaban J connectivity index is 1.55. The fourth-order valence-electron chi connectivity index (χ4n) is 2.89. The van der Waals surface area contributed by atoms with E-state index in [1.165, 1.54) is 5.56 Å². The first-order valence-corrected chi connectivity index (χ1v) is 8.01. The molecule has 4 nitrogen and oxygen atoms in total. The Morgan fingerprint density at radius 1 is 1.13 bits per heavy atom. The van der Waals surface area contributed by atoms with Gasteiger partial charge in [0, 0.05) is 23.7 Å². The number of carbonyl (C=O) groups excluding carboxylic acids is 1. The van der Waals surface area contributed by atoms with E-state index in [0.717, 1.165) is 12.0 Å². The maximum Gasteiger partial charge on any atom is 0.319 e. The van der Waals surface area contributed by atoms with Crippen LogP contribution in [0.4, 0.5) is 10.5 Å². The summed E-state index contributed by atoms with van der Waals surface area (Å²) in [5.74, 6) is 0. The lowest BCUT2D eigenvalue weighted by molar-refractivity contribution is 0.0295. The van der Waals surface area contributed by atoms with Gasteiger partial charge in [-0.05, 0) is 48.2 Å². The Morgan fingerprint density at radius 2 is 1.83 bits per heavy atom. The average Bonchev–Trinajstić information content (AvgIpc) is 2.55. The van der Waals surface area contributed by atoms with E-state index in [4.69, 9.17) is 11.6 Å². The lowest BCUT2D eigenvalue weighted by Gasteiger charge is -2.33. The van der Waals surface area contributed by atoms with E-state index in [1.54, 1.807) is 24.3 Å². The van der Waals surface area contributed by atoms with Crippen molar-refractivity contribution in [2.24, 2.45) is 0 Å². The summed E-state index contributed by atoms with van der Waals surface area (Å²) in [4.78, 5) is 12.0. The van der Waals surface area contributed by atoms with Crippen LogP contribution in [0.3, 0.4) is 0 Å². The first kappa shape index (κ1) is 15.8. The number of rotatable bonds is 3. The van der Waals surface area contributed by atoms with Gasteiger partial charge in [0.25, 0.3) is 0 Å². The van der Waals surface area contributed by atoms with Crippen LogP contribution in [0.5, 0.6) is 0 Å². The summed E-state index contributed by atoms with van der Waals surface area (Å²) in [6, 6.07) is 14.7. The summed E-state index contributed by atoms with van der Waals surface area (Å²) in [7, 11) is 0. The van der Waals surface area contributed by atoms with Gasteiger partial charge in [-0.25, -0.2) is 4.79 Å². The molecule has 1 aliphatic rings. The third-order valence-corrected chi connectivity index (χ3v) is 4.43. The monoisotopic (exact) mass is 330 g/mol. The number of carbonyl (C=O) groups is 1. The Bertz CT molecular complexity index is 702. The van der Waals surface area contributed by atoms with Gasteiger partial charge in [-0.15, -0.1) is 0 Å². The van der Waals surface area contributed by atoms with E-state index in [1.807, 2.05) is 18.2 Å². The highest BCUT2D eigenvalue weighted by Gasteiger charge is 2.32. The van der Waals surface area contributed by atoms with Crippen LogP contribution in [0.1, 0.15) is 17.5 Å². The zero-order valence-electron chi connectivity index (χ0n) is 12.7. The molecule has 0 heterocycles. The van der Waals surface area contributed by atoms with Gasteiger partial charge >= 0.3 is 6.03 Å². The Hall–Kier alpha value is -2.04. The number of halogens is 1. The molecule has 0 bridgehead atoms. The van der Waals surface area contributed by atoms with Crippen LogP contribution in [0.15, 0.2) is 48.5 Å². The Labute approximate surface area is 140 Å². The van der Waals surface area contributed by atoms with E-state index in [-0.39, 0.29) is 12.6 Å². The second-order valence-corrected chi connectivity index (χ2v) is 6.42. The van der Waals surface area contributed by atoms with E-state index in [2.05, 4.69) is 16.7 Å². The maximum absolute atomic E-state index is 12.0. The predicted molar refractivity (Wildman–Crippen MR) is 91.9 cm³/mol. The van der Waals surface area contributed by atoms with Gasteiger partial charge in [-0.3, -0.25) is 0 Å². The summed E-state index contributed by atoms with van der Waals surface area (Å²) < 4.78 is 0. The number of nitrogens with one attached hydrogen (secondary N) is 2. The van der Waals surface area contributed by atoms with Crippen molar-refractivity contribution in [2.45, 2.75) is 24.9 Å². The van der Waals surface area contributed by atoms with Gasteiger partial charge in [-0.2, -0.15) is 0 Å². The van der Waals surface area contributed by atoms with Crippen molar-refractivity contribution in [3.63, 3.8) is 0 Å². The molecule has 0 saturated carbocycles. The fraction of sp³-hybridized carbons (Fsp3) is 0.278. The number of hydrogen-bond donors (Lipinski definition) is 3. The van der Waals surface area contributed by atoms with Crippen molar-refractivity contribution < 1.29 is 9.90 Å². The van der Waals surface area contributed by atoms with E-state index in [0.29, 0.717) is 23.6 Å². The molecule has 1 atom stereocenters. The zero-order valence-corrected chi connectivity index (χ0v) is 13.4. The van der Waals surface area contributed by atoms with Crippen molar-refractivity contribution >= 4 is 23.3 Å². The molecule has 5 heteroatoms. The molecule has 0 aromatic heterocycles. The molecule has 0 saturated heterocycles. The highest BCUT2D eigenvalue weighted by atomic mass is 35.5. The van der Waals surface area contributed by atoms with Crippen molar-refractivity contribution in [3.05, 3.63) is 64.7 Å². The van der Waals surface area contributed by atoms with E-state index < -0.39 is 5.60 Å². The standard InChI is InChI=1S/C18H19ClN2O2/c19-15-5-7-16(8-6-15)21-17(22)20-12-18(23)10-9-13-3-1-2-4-14(13)11-18/h1-8,23H,9-12H2,(H2,20,21,22). The molecule has 1 unspecified atom stereocenters. The molecule has 0 spiro atoms. The smallest absolute Gasteiger partial charge is 0.319 e. The van der Waals surface area contributed by atoms with Crippen molar-refractivity contribution in [1.29, 1.82) is 0 Å². The molecular weight excluding hydrogens is 312 g/mol. The summed E-state index contributed by atoms with van der Waals surface area (Å²) >= 11 is 5.81. The molecule has 3 N–H and O–H groups in total. The molecular formula is C18H19ClN2O2. The minimum Gasteiger partial charge on any atom is -0.388 e. The minimum atomic E-state index is -0.897. The largest absolute Gasteiger partial charge is 0.388 e. The van der Waals surface area contributed by atoms with Crippen molar-refractivity contribution in [1.82, 2.24) is 5.32 Å².